The Kier molecular flexibility index (Phi) is 5.95. The van der Waals surface area contributed by atoms with Gasteiger partial charge in [0.2, 0.25) is 0 Å². The van der Waals surface area contributed by atoms with E-state index in [0.29, 0.717) is 28.7 Å². The summed E-state index contributed by atoms with van der Waals surface area (Å²) in [6, 6.07) is 5.18. The fourth-order valence-corrected chi connectivity index (χ4v) is 2.80. The largest absolute Gasteiger partial charge is 0.484 e. The number of nitrogens with one attached hydrogen (secondary N) is 1. The van der Waals surface area contributed by atoms with Gasteiger partial charge in [0, 0.05) is 23.4 Å². The summed E-state index contributed by atoms with van der Waals surface area (Å²) in [6.45, 7) is 2.12. The first kappa shape index (κ1) is 17.2. The normalized spacial score (nSPS) is 10.3. The maximum absolute atomic E-state index is 11.7. The molecule has 0 atom stereocenters. The number of hydrogen-bond acceptors (Lipinski definition) is 5. The van der Waals surface area contributed by atoms with Crippen LogP contribution in [0.25, 0.3) is 0 Å². The van der Waals surface area contributed by atoms with E-state index in [-0.39, 0.29) is 18.2 Å². The van der Waals surface area contributed by atoms with Crippen LogP contribution in [0.4, 0.5) is 0 Å². The van der Waals surface area contributed by atoms with Gasteiger partial charge < -0.3 is 15.2 Å². The minimum absolute atomic E-state index is 0.0258. The third kappa shape index (κ3) is 5.22. The van der Waals surface area contributed by atoms with E-state index in [0.717, 1.165) is 5.56 Å². The second-order valence-corrected chi connectivity index (χ2v) is 6.11. The summed E-state index contributed by atoms with van der Waals surface area (Å²) in [7, 11) is 0. The molecule has 0 fully saturated rings. The van der Waals surface area contributed by atoms with Crippen LogP contribution in [0.5, 0.6) is 5.75 Å². The SMILES string of the molecule is Cc1cc(Cl)ccc1OCC(=O)NCCc1nc(C(=O)O)cs1. The van der Waals surface area contributed by atoms with Crippen molar-refractivity contribution < 1.29 is 19.4 Å². The van der Waals surface area contributed by atoms with Crippen molar-refractivity contribution in [3.8, 4) is 5.75 Å². The number of ether oxygens (including phenoxy) is 1. The van der Waals surface area contributed by atoms with Crippen LogP contribution >= 0.6 is 22.9 Å². The Bertz CT molecular complexity index is 717. The van der Waals surface area contributed by atoms with E-state index in [9.17, 15) is 9.59 Å². The fraction of sp³-hybridized carbons (Fsp3) is 0.267. The number of carbonyl (C=O) groups excluding carboxylic acids is 1. The molecule has 0 spiro atoms. The second-order valence-electron chi connectivity index (χ2n) is 4.73. The number of hydrogen-bond donors (Lipinski definition) is 2. The van der Waals surface area contributed by atoms with Crippen LogP contribution in [0.1, 0.15) is 21.1 Å². The van der Waals surface area contributed by atoms with Crippen LogP contribution < -0.4 is 10.1 Å². The quantitative estimate of drug-likeness (QED) is 0.797. The lowest BCUT2D eigenvalue weighted by atomic mass is 10.2. The number of benzene rings is 1. The zero-order valence-corrected chi connectivity index (χ0v) is 13.9. The lowest BCUT2D eigenvalue weighted by Crippen LogP contribution is -2.30. The minimum Gasteiger partial charge on any atom is -0.484 e. The molecule has 2 N–H and O–H groups in total. The molecule has 1 amide bonds. The molecule has 0 bridgehead atoms. The topological polar surface area (TPSA) is 88.5 Å². The lowest BCUT2D eigenvalue weighted by Gasteiger charge is -2.09. The van der Waals surface area contributed by atoms with Crippen molar-refractivity contribution in [2.45, 2.75) is 13.3 Å². The number of rotatable bonds is 7. The highest BCUT2D eigenvalue weighted by Crippen LogP contribution is 2.21. The van der Waals surface area contributed by atoms with E-state index in [1.807, 2.05) is 6.92 Å². The molecule has 0 aliphatic carbocycles. The molecule has 122 valence electrons. The van der Waals surface area contributed by atoms with E-state index in [4.69, 9.17) is 21.4 Å². The summed E-state index contributed by atoms with van der Waals surface area (Å²) in [4.78, 5) is 26.4. The average Bonchev–Trinajstić information content (AvgIpc) is 2.95. The van der Waals surface area contributed by atoms with Crippen molar-refractivity contribution in [2.75, 3.05) is 13.2 Å². The lowest BCUT2D eigenvalue weighted by molar-refractivity contribution is -0.123. The molecule has 0 radical (unpaired) electrons. The highest BCUT2D eigenvalue weighted by molar-refractivity contribution is 7.09. The Morgan fingerprint density at radius 2 is 2.22 bits per heavy atom. The van der Waals surface area contributed by atoms with E-state index in [2.05, 4.69) is 10.3 Å². The summed E-state index contributed by atoms with van der Waals surface area (Å²) in [5, 5.41) is 14.2. The number of carboxylic acids is 1. The molecule has 0 saturated carbocycles. The Hall–Kier alpha value is -2.12. The van der Waals surface area contributed by atoms with Crippen molar-refractivity contribution in [3.05, 3.63) is 44.9 Å². The van der Waals surface area contributed by atoms with E-state index in [1.54, 1.807) is 18.2 Å². The van der Waals surface area contributed by atoms with E-state index >= 15 is 0 Å². The Morgan fingerprint density at radius 3 is 2.87 bits per heavy atom. The summed E-state index contributed by atoms with van der Waals surface area (Å²) < 4.78 is 5.43. The Balaban J connectivity index is 1.73. The summed E-state index contributed by atoms with van der Waals surface area (Å²) >= 11 is 7.11. The van der Waals surface area contributed by atoms with Crippen molar-refractivity contribution in [1.82, 2.24) is 10.3 Å². The molecule has 23 heavy (non-hydrogen) atoms. The number of aromatic nitrogens is 1. The van der Waals surface area contributed by atoms with Gasteiger partial charge in [0.25, 0.3) is 5.91 Å². The molecular formula is C15H15ClN2O4S. The van der Waals surface area contributed by atoms with Gasteiger partial charge in [0.05, 0.1) is 5.01 Å². The number of carboxylic acid groups (broad SMARTS) is 1. The predicted octanol–water partition coefficient (Wildman–Crippen LogP) is 2.54. The summed E-state index contributed by atoms with van der Waals surface area (Å²) in [6.07, 6.45) is 0.476. The third-order valence-corrected chi connectivity index (χ3v) is 4.07. The molecule has 1 heterocycles. The van der Waals surface area contributed by atoms with Gasteiger partial charge in [-0.25, -0.2) is 9.78 Å². The molecule has 0 unspecified atom stereocenters. The predicted molar refractivity (Wildman–Crippen MR) is 87.5 cm³/mol. The van der Waals surface area contributed by atoms with Crippen LogP contribution in [0.2, 0.25) is 5.02 Å². The zero-order valence-electron chi connectivity index (χ0n) is 12.3. The van der Waals surface area contributed by atoms with Gasteiger partial charge >= 0.3 is 5.97 Å². The Morgan fingerprint density at radius 1 is 1.43 bits per heavy atom. The van der Waals surface area contributed by atoms with Gasteiger partial charge in [-0.1, -0.05) is 11.6 Å². The van der Waals surface area contributed by atoms with Crippen LogP contribution in [0.15, 0.2) is 23.6 Å². The van der Waals surface area contributed by atoms with Crippen LogP contribution in [0.3, 0.4) is 0 Å². The maximum atomic E-state index is 11.7. The number of thiazole rings is 1. The molecule has 0 aliphatic heterocycles. The molecule has 0 saturated heterocycles. The molecule has 1 aromatic heterocycles. The molecule has 6 nitrogen and oxygen atoms in total. The van der Waals surface area contributed by atoms with Crippen LogP contribution in [-0.4, -0.2) is 35.1 Å². The van der Waals surface area contributed by atoms with Crippen molar-refractivity contribution in [3.63, 3.8) is 0 Å². The minimum atomic E-state index is -1.05. The van der Waals surface area contributed by atoms with Gasteiger partial charge in [0.15, 0.2) is 12.3 Å². The average molecular weight is 355 g/mol. The monoisotopic (exact) mass is 354 g/mol. The molecule has 8 heteroatoms. The number of carbonyl (C=O) groups is 2. The van der Waals surface area contributed by atoms with Gasteiger partial charge in [-0.2, -0.15) is 0 Å². The number of amides is 1. The van der Waals surface area contributed by atoms with Gasteiger partial charge in [-0.3, -0.25) is 4.79 Å². The van der Waals surface area contributed by atoms with Crippen molar-refractivity contribution in [2.24, 2.45) is 0 Å². The fourth-order valence-electron chi connectivity index (χ4n) is 1.80. The molecular weight excluding hydrogens is 340 g/mol. The van der Waals surface area contributed by atoms with Gasteiger partial charge in [-0.15, -0.1) is 11.3 Å². The standard InChI is InChI=1S/C15H15ClN2O4S/c1-9-6-10(16)2-3-12(9)22-7-13(19)17-5-4-14-18-11(8-23-14)15(20)21/h2-3,6,8H,4-5,7H2,1H3,(H,17,19)(H,20,21). The highest BCUT2D eigenvalue weighted by Gasteiger charge is 2.09. The number of nitrogens with zero attached hydrogens (tertiary/aromatic N) is 1. The molecule has 2 rings (SSSR count). The maximum Gasteiger partial charge on any atom is 0.355 e. The van der Waals surface area contributed by atoms with E-state index in [1.165, 1.54) is 16.7 Å². The second kappa shape index (κ2) is 7.94. The van der Waals surface area contributed by atoms with Gasteiger partial charge in [-0.05, 0) is 30.7 Å². The first-order valence-corrected chi connectivity index (χ1v) is 8.05. The first-order chi connectivity index (χ1) is 11.0. The summed E-state index contributed by atoms with van der Waals surface area (Å²) in [5.74, 6) is -0.701. The number of halogens is 1. The zero-order chi connectivity index (χ0) is 16.8. The number of aromatic carboxylic acids is 1. The van der Waals surface area contributed by atoms with Crippen LogP contribution in [0, 0.1) is 6.92 Å². The molecule has 0 aliphatic rings. The molecule has 1 aromatic carbocycles. The highest BCUT2D eigenvalue weighted by atomic mass is 35.5. The first-order valence-electron chi connectivity index (χ1n) is 6.79. The van der Waals surface area contributed by atoms with Crippen molar-refractivity contribution >= 4 is 34.8 Å². The summed E-state index contributed by atoms with van der Waals surface area (Å²) in [5.41, 5.74) is 0.882. The third-order valence-electron chi connectivity index (χ3n) is 2.93. The Labute approximate surface area is 142 Å². The van der Waals surface area contributed by atoms with Crippen molar-refractivity contribution in [1.29, 1.82) is 0 Å². The molecule has 2 aromatic rings. The van der Waals surface area contributed by atoms with E-state index < -0.39 is 5.97 Å². The van der Waals surface area contributed by atoms with Gasteiger partial charge in [0.1, 0.15) is 5.75 Å². The smallest absolute Gasteiger partial charge is 0.355 e. The van der Waals surface area contributed by atoms with Crippen LogP contribution in [-0.2, 0) is 11.2 Å². The number of aryl methyl sites for hydroxylation is 1.